The number of halogens is 1. The minimum Gasteiger partial charge on any atom is -0.333 e. The largest absolute Gasteiger partial charge is 0.333 e. The van der Waals surface area contributed by atoms with Crippen LogP contribution in [0.4, 0.5) is 5.82 Å². The lowest BCUT2D eigenvalue weighted by atomic mass is 9.68. The third-order valence-corrected chi connectivity index (χ3v) is 6.86. The third kappa shape index (κ3) is 4.75. The highest BCUT2D eigenvalue weighted by Gasteiger charge is 2.43. The number of hydrogen-bond donors (Lipinski definition) is 2. The standard InChI is InChI=1S/C24H29ClN4O2/c1-16(30)28-22-8-5-17(14-27-22)23(31)29(20-6-7-20)21-9-11-24(15-26,12-10-21)18-3-2-4-19(25)13-18/h2-5,8,13-14,20-21H,6-7,9-12,15,26H2,1H3,(H,27,28,30)/t21-,24-. The molecular formula is C24H29ClN4O2. The van der Waals surface area contributed by atoms with Gasteiger partial charge in [0, 0.05) is 42.2 Å². The van der Waals surface area contributed by atoms with Gasteiger partial charge in [0.05, 0.1) is 5.56 Å². The number of carbonyl (C=O) groups excluding carboxylic acids is 2. The van der Waals surface area contributed by atoms with Crippen LogP contribution in [0.1, 0.15) is 61.4 Å². The average molecular weight is 441 g/mol. The topological polar surface area (TPSA) is 88.3 Å². The Morgan fingerprint density at radius 3 is 2.42 bits per heavy atom. The van der Waals surface area contributed by atoms with Crippen molar-refractivity contribution < 1.29 is 9.59 Å². The summed E-state index contributed by atoms with van der Waals surface area (Å²) in [4.78, 5) is 30.9. The van der Waals surface area contributed by atoms with Crippen molar-refractivity contribution in [3.8, 4) is 0 Å². The first-order valence-electron chi connectivity index (χ1n) is 10.9. The fraction of sp³-hybridized carbons (Fsp3) is 0.458. The van der Waals surface area contributed by atoms with E-state index in [4.69, 9.17) is 17.3 Å². The maximum absolute atomic E-state index is 13.4. The van der Waals surface area contributed by atoms with E-state index in [0.717, 1.165) is 43.5 Å². The van der Waals surface area contributed by atoms with Crippen LogP contribution < -0.4 is 11.1 Å². The highest BCUT2D eigenvalue weighted by molar-refractivity contribution is 6.30. The summed E-state index contributed by atoms with van der Waals surface area (Å²) >= 11 is 6.24. The highest BCUT2D eigenvalue weighted by Crippen LogP contribution is 2.43. The minimum absolute atomic E-state index is 0.0254. The van der Waals surface area contributed by atoms with E-state index in [2.05, 4.69) is 21.3 Å². The smallest absolute Gasteiger partial charge is 0.255 e. The number of nitrogens with zero attached hydrogens (tertiary/aromatic N) is 2. The van der Waals surface area contributed by atoms with Gasteiger partial charge in [0.15, 0.2) is 0 Å². The molecule has 0 aliphatic heterocycles. The fourth-order valence-electron chi connectivity index (χ4n) is 4.77. The second kappa shape index (κ2) is 8.97. The third-order valence-electron chi connectivity index (χ3n) is 6.62. The SMILES string of the molecule is CC(=O)Nc1ccc(C(=O)N(C2CC2)[C@H]2CC[C@](CN)(c3cccc(Cl)c3)CC2)cn1. The molecular weight excluding hydrogens is 412 g/mol. The van der Waals surface area contributed by atoms with Crippen LogP contribution in [-0.2, 0) is 10.2 Å². The molecule has 0 saturated heterocycles. The summed E-state index contributed by atoms with van der Waals surface area (Å²) in [6.07, 6.45) is 7.37. The Balaban J connectivity index is 1.49. The van der Waals surface area contributed by atoms with E-state index in [1.165, 1.54) is 12.5 Å². The summed E-state index contributed by atoms with van der Waals surface area (Å²) in [6.45, 7) is 2.01. The first kappa shape index (κ1) is 21.8. The van der Waals surface area contributed by atoms with E-state index in [-0.39, 0.29) is 23.3 Å². The van der Waals surface area contributed by atoms with E-state index in [0.29, 0.717) is 24.0 Å². The maximum Gasteiger partial charge on any atom is 0.255 e. The zero-order chi connectivity index (χ0) is 22.0. The zero-order valence-corrected chi connectivity index (χ0v) is 18.6. The second-order valence-electron chi connectivity index (χ2n) is 8.78. The molecule has 0 unspecified atom stereocenters. The van der Waals surface area contributed by atoms with Crippen molar-refractivity contribution in [2.24, 2.45) is 5.73 Å². The summed E-state index contributed by atoms with van der Waals surface area (Å²) in [5, 5.41) is 3.37. The molecule has 2 aromatic rings. The molecule has 0 radical (unpaired) electrons. The first-order valence-corrected chi connectivity index (χ1v) is 11.3. The molecule has 3 N–H and O–H groups in total. The van der Waals surface area contributed by atoms with E-state index in [1.54, 1.807) is 18.3 Å². The van der Waals surface area contributed by atoms with Gasteiger partial charge in [0.1, 0.15) is 5.82 Å². The number of benzene rings is 1. The Labute approximate surface area is 188 Å². The number of nitrogens with two attached hydrogens (primary N) is 1. The van der Waals surface area contributed by atoms with Gasteiger partial charge in [-0.05, 0) is 68.4 Å². The predicted octanol–water partition coefficient (Wildman–Crippen LogP) is 4.14. The van der Waals surface area contributed by atoms with Crippen LogP contribution in [0, 0.1) is 0 Å². The Morgan fingerprint density at radius 2 is 1.87 bits per heavy atom. The van der Waals surface area contributed by atoms with Crippen LogP contribution in [-0.4, -0.2) is 40.3 Å². The zero-order valence-electron chi connectivity index (χ0n) is 17.8. The number of amides is 2. The number of carbonyl (C=O) groups is 2. The molecule has 2 saturated carbocycles. The molecule has 2 fully saturated rings. The van der Waals surface area contributed by atoms with Gasteiger partial charge in [-0.25, -0.2) is 4.98 Å². The molecule has 4 rings (SSSR count). The lowest BCUT2D eigenvalue weighted by Gasteiger charge is -2.44. The summed E-state index contributed by atoms with van der Waals surface area (Å²) in [5.74, 6) is 0.294. The lowest BCUT2D eigenvalue weighted by molar-refractivity contribution is -0.114. The van der Waals surface area contributed by atoms with Gasteiger partial charge >= 0.3 is 0 Å². The van der Waals surface area contributed by atoms with Gasteiger partial charge < -0.3 is 16.0 Å². The van der Waals surface area contributed by atoms with Crippen molar-refractivity contribution in [3.05, 3.63) is 58.7 Å². The number of rotatable bonds is 6. The quantitative estimate of drug-likeness (QED) is 0.706. The van der Waals surface area contributed by atoms with Crippen LogP contribution >= 0.6 is 11.6 Å². The minimum atomic E-state index is -0.184. The lowest BCUT2D eigenvalue weighted by Crippen LogP contribution is -2.48. The molecule has 0 spiro atoms. The van der Waals surface area contributed by atoms with Gasteiger partial charge in [-0.3, -0.25) is 9.59 Å². The molecule has 0 bridgehead atoms. The molecule has 164 valence electrons. The molecule has 2 aliphatic carbocycles. The number of hydrogen-bond acceptors (Lipinski definition) is 4. The van der Waals surface area contributed by atoms with E-state index < -0.39 is 0 Å². The van der Waals surface area contributed by atoms with Crippen LogP contribution in [0.25, 0.3) is 0 Å². The Kier molecular flexibility index (Phi) is 6.30. The van der Waals surface area contributed by atoms with Crippen LogP contribution in [0.5, 0.6) is 0 Å². The number of anilines is 1. The first-order chi connectivity index (χ1) is 14.9. The molecule has 7 heteroatoms. The summed E-state index contributed by atoms with van der Waals surface area (Å²) < 4.78 is 0. The van der Waals surface area contributed by atoms with Gasteiger partial charge in [0.25, 0.3) is 5.91 Å². The van der Waals surface area contributed by atoms with E-state index >= 15 is 0 Å². The van der Waals surface area contributed by atoms with Crippen LogP contribution in [0.3, 0.4) is 0 Å². The van der Waals surface area contributed by atoms with Crippen molar-refractivity contribution in [1.82, 2.24) is 9.88 Å². The Bertz CT molecular complexity index is 950. The normalized spacial score (nSPS) is 23.3. The Hall–Kier alpha value is -2.44. The fourth-order valence-corrected chi connectivity index (χ4v) is 4.96. The summed E-state index contributed by atoms with van der Waals surface area (Å²) in [7, 11) is 0. The maximum atomic E-state index is 13.4. The molecule has 1 heterocycles. The molecule has 6 nitrogen and oxygen atoms in total. The van der Waals surface area contributed by atoms with Crippen molar-refractivity contribution in [2.75, 3.05) is 11.9 Å². The van der Waals surface area contributed by atoms with Gasteiger partial charge in [0.2, 0.25) is 5.91 Å². The average Bonchev–Trinajstić information content (AvgIpc) is 3.60. The van der Waals surface area contributed by atoms with E-state index in [1.807, 2.05) is 18.2 Å². The molecule has 31 heavy (non-hydrogen) atoms. The second-order valence-corrected chi connectivity index (χ2v) is 9.22. The molecule has 2 aliphatic rings. The summed E-state index contributed by atoms with van der Waals surface area (Å²) in [5.41, 5.74) is 7.93. The van der Waals surface area contributed by atoms with Gasteiger partial charge in [-0.1, -0.05) is 23.7 Å². The van der Waals surface area contributed by atoms with Crippen molar-refractivity contribution >= 4 is 29.2 Å². The summed E-state index contributed by atoms with van der Waals surface area (Å²) in [6, 6.07) is 12.0. The highest BCUT2D eigenvalue weighted by atomic mass is 35.5. The molecule has 1 aromatic carbocycles. The van der Waals surface area contributed by atoms with Gasteiger partial charge in [-0.15, -0.1) is 0 Å². The molecule has 1 aromatic heterocycles. The van der Waals surface area contributed by atoms with E-state index in [9.17, 15) is 9.59 Å². The number of pyridine rings is 1. The van der Waals surface area contributed by atoms with Crippen molar-refractivity contribution in [3.63, 3.8) is 0 Å². The molecule has 2 amide bonds. The monoisotopic (exact) mass is 440 g/mol. The number of nitrogens with one attached hydrogen (secondary N) is 1. The molecule has 0 atom stereocenters. The van der Waals surface area contributed by atoms with Crippen molar-refractivity contribution in [2.45, 2.75) is 62.9 Å². The number of aromatic nitrogens is 1. The van der Waals surface area contributed by atoms with Crippen LogP contribution in [0.2, 0.25) is 5.02 Å². The van der Waals surface area contributed by atoms with Crippen LogP contribution in [0.15, 0.2) is 42.6 Å². The predicted molar refractivity (Wildman–Crippen MR) is 122 cm³/mol. The Morgan fingerprint density at radius 1 is 1.16 bits per heavy atom. The van der Waals surface area contributed by atoms with Gasteiger partial charge in [-0.2, -0.15) is 0 Å². The van der Waals surface area contributed by atoms with Crippen molar-refractivity contribution in [1.29, 1.82) is 0 Å².